The number of carboxylic acid groups (broad SMARTS) is 1. The minimum atomic E-state index is -1.54. The third kappa shape index (κ3) is 2.42. The van der Waals surface area contributed by atoms with E-state index in [4.69, 9.17) is 4.74 Å². The first-order valence-corrected chi connectivity index (χ1v) is 6.55. The number of carbonyl (C=O) groups is 2. The zero-order valence-corrected chi connectivity index (χ0v) is 10.5. The van der Waals surface area contributed by atoms with Gasteiger partial charge in [-0.25, -0.2) is 0 Å². The number of hydrogen-bond donors (Lipinski definition) is 2. The predicted molar refractivity (Wildman–Crippen MR) is 63.2 cm³/mol. The summed E-state index contributed by atoms with van der Waals surface area (Å²) >= 11 is 0. The van der Waals surface area contributed by atoms with E-state index in [1.165, 1.54) is 0 Å². The van der Waals surface area contributed by atoms with E-state index in [2.05, 4.69) is 0 Å². The molecule has 1 aliphatic heterocycles. The van der Waals surface area contributed by atoms with Gasteiger partial charge >= 0.3 is 5.97 Å². The van der Waals surface area contributed by atoms with Crippen LogP contribution in [0.2, 0.25) is 0 Å². The summed E-state index contributed by atoms with van der Waals surface area (Å²) < 4.78 is 5.19. The molecule has 102 valence electrons. The molecule has 5 nitrogen and oxygen atoms in total. The van der Waals surface area contributed by atoms with Crippen molar-refractivity contribution in [2.75, 3.05) is 13.2 Å². The Bertz CT molecular complexity index is 345. The summed E-state index contributed by atoms with van der Waals surface area (Å²) in [6.07, 6.45) is 4.12. The van der Waals surface area contributed by atoms with Gasteiger partial charge in [0.2, 0.25) is 0 Å². The van der Waals surface area contributed by atoms with Crippen LogP contribution in [-0.2, 0) is 14.3 Å². The van der Waals surface area contributed by atoms with Crippen LogP contribution in [0.1, 0.15) is 44.9 Å². The normalized spacial score (nSPS) is 32.2. The van der Waals surface area contributed by atoms with E-state index in [0.717, 1.165) is 19.3 Å². The highest BCUT2D eigenvalue weighted by Gasteiger charge is 2.52. The van der Waals surface area contributed by atoms with E-state index in [9.17, 15) is 19.8 Å². The van der Waals surface area contributed by atoms with Crippen LogP contribution in [0, 0.1) is 5.41 Å². The maximum Gasteiger partial charge on any atom is 0.319 e. The molecule has 1 unspecified atom stereocenters. The second-order valence-electron chi connectivity index (χ2n) is 5.57. The molecule has 2 aliphatic rings. The fraction of sp³-hybridized carbons (Fsp3) is 0.846. The van der Waals surface area contributed by atoms with Gasteiger partial charge in [-0.15, -0.1) is 0 Å². The van der Waals surface area contributed by atoms with E-state index >= 15 is 0 Å². The highest BCUT2D eigenvalue weighted by molar-refractivity contribution is 6.03. The second kappa shape index (κ2) is 4.97. The van der Waals surface area contributed by atoms with Crippen LogP contribution in [0.25, 0.3) is 0 Å². The Kier molecular flexibility index (Phi) is 3.73. The molecular formula is C13H20O5. The molecule has 0 spiro atoms. The van der Waals surface area contributed by atoms with Crippen molar-refractivity contribution in [3.05, 3.63) is 0 Å². The molecule has 0 amide bonds. The molecule has 1 heterocycles. The number of hydrogen-bond acceptors (Lipinski definition) is 4. The fourth-order valence-electron chi connectivity index (χ4n) is 3.09. The first kappa shape index (κ1) is 13.5. The molecule has 0 aromatic rings. The summed E-state index contributed by atoms with van der Waals surface area (Å²) in [7, 11) is 0. The number of aliphatic hydroxyl groups is 1. The Morgan fingerprint density at radius 1 is 1.28 bits per heavy atom. The van der Waals surface area contributed by atoms with Crippen molar-refractivity contribution in [3.8, 4) is 0 Å². The Hall–Kier alpha value is -0.940. The number of rotatable bonds is 3. The monoisotopic (exact) mass is 256 g/mol. The zero-order chi connectivity index (χ0) is 13.2. The molecule has 2 rings (SSSR count). The average Bonchev–Trinajstić information content (AvgIpc) is 2.32. The zero-order valence-electron chi connectivity index (χ0n) is 10.5. The van der Waals surface area contributed by atoms with Gasteiger partial charge in [-0.3, -0.25) is 9.59 Å². The SMILES string of the molecule is O=C(O)C1(CC2(O)CCCCC2)COCCC1=O. The molecule has 5 heteroatoms. The third-order valence-electron chi connectivity index (χ3n) is 4.18. The van der Waals surface area contributed by atoms with E-state index in [1.807, 2.05) is 0 Å². The molecule has 1 aliphatic carbocycles. The van der Waals surface area contributed by atoms with Gasteiger partial charge in [0, 0.05) is 12.8 Å². The van der Waals surface area contributed by atoms with Gasteiger partial charge in [0.1, 0.15) is 0 Å². The number of ketones is 1. The quantitative estimate of drug-likeness (QED) is 0.739. The van der Waals surface area contributed by atoms with Gasteiger partial charge in [0.15, 0.2) is 11.2 Å². The van der Waals surface area contributed by atoms with Crippen LogP contribution in [0.15, 0.2) is 0 Å². The fourth-order valence-corrected chi connectivity index (χ4v) is 3.09. The number of aliphatic carboxylic acids is 1. The number of carboxylic acids is 1. The van der Waals surface area contributed by atoms with Crippen molar-refractivity contribution in [1.29, 1.82) is 0 Å². The molecule has 0 radical (unpaired) electrons. The summed E-state index contributed by atoms with van der Waals surface area (Å²) in [5, 5.41) is 19.9. The third-order valence-corrected chi connectivity index (χ3v) is 4.18. The highest BCUT2D eigenvalue weighted by atomic mass is 16.5. The van der Waals surface area contributed by atoms with Crippen LogP contribution >= 0.6 is 0 Å². The molecule has 0 aromatic heterocycles. The van der Waals surface area contributed by atoms with Crippen molar-refractivity contribution in [1.82, 2.24) is 0 Å². The first-order valence-electron chi connectivity index (χ1n) is 6.55. The van der Waals surface area contributed by atoms with Crippen molar-refractivity contribution in [3.63, 3.8) is 0 Å². The molecule has 2 fully saturated rings. The van der Waals surface area contributed by atoms with Gasteiger partial charge in [-0.1, -0.05) is 19.3 Å². The summed E-state index contributed by atoms with van der Waals surface area (Å²) in [5.74, 6) is -1.47. The minimum Gasteiger partial charge on any atom is -0.480 e. The van der Waals surface area contributed by atoms with E-state index in [-0.39, 0.29) is 31.8 Å². The largest absolute Gasteiger partial charge is 0.480 e. The maximum absolute atomic E-state index is 12.0. The van der Waals surface area contributed by atoms with E-state index in [0.29, 0.717) is 12.8 Å². The number of carbonyl (C=O) groups excluding carboxylic acids is 1. The average molecular weight is 256 g/mol. The lowest BCUT2D eigenvalue weighted by Crippen LogP contribution is -2.52. The van der Waals surface area contributed by atoms with Gasteiger partial charge in [-0.05, 0) is 12.8 Å². The number of Topliss-reactive ketones (excluding diaryl/α,β-unsaturated/α-hetero) is 1. The van der Waals surface area contributed by atoms with Crippen LogP contribution in [0.4, 0.5) is 0 Å². The van der Waals surface area contributed by atoms with Crippen LogP contribution in [-0.4, -0.2) is 40.8 Å². The van der Waals surface area contributed by atoms with Gasteiger partial charge < -0.3 is 14.9 Å². The smallest absolute Gasteiger partial charge is 0.319 e. The van der Waals surface area contributed by atoms with Crippen molar-refractivity contribution < 1.29 is 24.5 Å². The Balaban J connectivity index is 2.19. The molecular weight excluding hydrogens is 236 g/mol. The molecule has 0 bridgehead atoms. The molecule has 1 saturated carbocycles. The maximum atomic E-state index is 12.0. The Morgan fingerprint density at radius 2 is 1.94 bits per heavy atom. The predicted octanol–water partition coefficient (Wildman–Crippen LogP) is 1.13. The van der Waals surface area contributed by atoms with E-state index in [1.54, 1.807) is 0 Å². The van der Waals surface area contributed by atoms with Crippen molar-refractivity contribution in [2.45, 2.75) is 50.5 Å². The lowest BCUT2D eigenvalue weighted by atomic mass is 9.68. The second-order valence-corrected chi connectivity index (χ2v) is 5.57. The molecule has 18 heavy (non-hydrogen) atoms. The van der Waals surface area contributed by atoms with E-state index < -0.39 is 17.0 Å². The minimum absolute atomic E-state index is 0.00579. The molecule has 1 saturated heterocycles. The van der Waals surface area contributed by atoms with Gasteiger partial charge in [0.05, 0.1) is 18.8 Å². The number of ether oxygens (including phenoxy) is 1. The van der Waals surface area contributed by atoms with Gasteiger partial charge in [-0.2, -0.15) is 0 Å². The van der Waals surface area contributed by atoms with Crippen LogP contribution in [0.3, 0.4) is 0 Å². The lowest BCUT2D eigenvalue weighted by Gasteiger charge is -2.40. The Labute approximate surface area is 106 Å². The standard InChI is InChI=1S/C13H20O5/c14-10-4-7-18-9-13(10,11(15)16)8-12(17)5-2-1-3-6-12/h17H,1-9H2,(H,15,16). The van der Waals surface area contributed by atoms with Crippen LogP contribution in [0.5, 0.6) is 0 Å². The summed E-state index contributed by atoms with van der Waals surface area (Å²) in [6, 6.07) is 0. The lowest BCUT2D eigenvalue weighted by molar-refractivity contribution is -0.172. The summed E-state index contributed by atoms with van der Waals surface area (Å²) in [4.78, 5) is 23.5. The molecule has 1 atom stereocenters. The highest BCUT2D eigenvalue weighted by Crippen LogP contribution is 2.41. The molecule has 0 aromatic carbocycles. The van der Waals surface area contributed by atoms with Crippen LogP contribution < -0.4 is 0 Å². The topological polar surface area (TPSA) is 83.8 Å². The van der Waals surface area contributed by atoms with Gasteiger partial charge in [0.25, 0.3) is 0 Å². The van der Waals surface area contributed by atoms with Crippen molar-refractivity contribution in [2.24, 2.45) is 5.41 Å². The first-order chi connectivity index (χ1) is 8.49. The Morgan fingerprint density at radius 3 is 2.50 bits per heavy atom. The summed E-state index contributed by atoms with van der Waals surface area (Å²) in [5.41, 5.74) is -2.56. The van der Waals surface area contributed by atoms with Crippen molar-refractivity contribution >= 4 is 11.8 Å². The molecule has 2 N–H and O–H groups in total. The summed E-state index contributed by atoms with van der Waals surface area (Å²) in [6.45, 7) is 0.176.